The van der Waals surface area contributed by atoms with Crippen molar-refractivity contribution in [3.63, 3.8) is 0 Å². The van der Waals surface area contributed by atoms with Gasteiger partial charge in [0.05, 0.1) is 18.1 Å². The third-order valence-electron chi connectivity index (χ3n) is 0.632. The zero-order valence-corrected chi connectivity index (χ0v) is 8.55. The highest BCUT2D eigenvalue weighted by atomic mass is 14.8. The van der Waals surface area contributed by atoms with Crippen LogP contribution < -0.4 is 0 Å². The normalized spacial score (nSPS) is 8.36. The molecule has 0 aliphatic rings. The topological polar surface area (TPSA) is 24.7 Å². The number of hydrogen-bond donors (Lipinski definition) is 0. The standard InChI is InChI=1S/C7H14N2.C2H6/c1-6(2)8-5-9-7(3)4;1-2/h6-7H,1-4H3;1-2H3. The van der Waals surface area contributed by atoms with Crippen LogP contribution in [-0.4, -0.2) is 18.1 Å². The lowest BCUT2D eigenvalue weighted by Gasteiger charge is -1.89. The van der Waals surface area contributed by atoms with Gasteiger partial charge in [-0.15, -0.1) is 0 Å². The maximum atomic E-state index is 3.95. The van der Waals surface area contributed by atoms with E-state index in [0.717, 1.165) is 0 Å². The van der Waals surface area contributed by atoms with E-state index in [9.17, 15) is 0 Å². The van der Waals surface area contributed by atoms with E-state index in [2.05, 4.69) is 16.0 Å². The Morgan fingerprint density at radius 1 is 0.818 bits per heavy atom. The van der Waals surface area contributed by atoms with Gasteiger partial charge in [-0.1, -0.05) is 13.8 Å². The Kier molecular flexibility index (Phi) is 11.1. The van der Waals surface area contributed by atoms with Gasteiger partial charge < -0.3 is 0 Å². The van der Waals surface area contributed by atoms with E-state index in [0.29, 0.717) is 12.1 Å². The molecule has 66 valence electrons. The molecule has 0 saturated heterocycles. The second kappa shape index (κ2) is 9.38. The summed E-state index contributed by atoms with van der Waals surface area (Å²) in [7, 11) is 0. The molecule has 11 heavy (non-hydrogen) atoms. The molecule has 0 radical (unpaired) electrons. The van der Waals surface area contributed by atoms with Crippen LogP contribution in [0.3, 0.4) is 0 Å². The maximum absolute atomic E-state index is 3.95. The Balaban J connectivity index is 0. The molecule has 0 heterocycles. The van der Waals surface area contributed by atoms with Gasteiger partial charge in [-0.25, -0.2) is 9.98 Å². The van der Waals surface area contributed by atoms with Crippen LogP contribution in [0.15, 0.2) is 9.98 Å². The van der Waals surface area contributed by atoms with Crippen LogP contribution in [0.4, 0.5) is 0 Å². The molecule has 2 nitrogen and oxygen atoms in total. The highest BCUT2D eigenvalue weighted by molar-refractivity contribution is 5.41. The van der Waals surface area contributed by atoms with Crippen molar-refractivity contribution in [2.75, 3.05) is 0 Å². The molecular weight excluding hydrogens is 136 g/mol. The predicted octanol–water partition coefficient (Wildman–Crippen LogP) is 3.00. The third-order valence-corrected chi connectivity index (χ3v) is 0.632. The molecule has 0 spiro atoms. The summed E-state index contributed by atoms with van der Waals surface area (Å²) in [6.07, 6.45) is 0. The molecule has 0 fully saturated rings. The molecule has 0 bridgehead atoms. The van der Waals surface area contributed by atoms with Crippen molar-refractivity contribution in [2.45, 2.75) is 53.6 Å². The van der Waals surface area contributed by atoms with E-state index < -0.39 is 0 Å². The summed E-state index contributed by atoms with van der Waals surface area (Å²) < 4.78 is 0. The van der Waals surface area contributed by atoms with Crippen LogP contribution >= 0.6 is 0 Å². The molecule has 0 saturated carbocycles. The monoisotopic (exact) mass is 156 g/mol. The van der Waals surface area contributed by atoms with Gasteiger partial charge in [0.1, 0.15) is 0 Å². The van der Waals surface area contributed by atoms with Crippen molar-refractivity contribution in [2.24, 2.45) is 9.98 Å². The molecule has 0 amide bonds. The van der Waals surface area contributed by atoms with Gasteiger partial charge in [-0.05, 0) is 27.7 Å². The summed E-state index contributed by atoms with van der Waals surface area (Å²) in [5.41, 5.74) is 0. The predicted molar refractivity (Wildman–Crippen MR) is 51.5 cm³/mol. The van der Waals surface area contributed by atoms with Gasteiger partial charge >= 0.3 is 0 Å². The zero-order valence-electron chi connectivity index (χ0n) is 8.55. The third kappa shape index (κ3) is 17.7. The minimum absolute atomic E-state index is 0.312. The van der Waals surface area contributed by atoms with E-state index in [1.807, 2.05) is 41.5 Å². The second-order valence-corrected chi connectivity index (χ2v) is 2.55. The summed E-state index contributed by atoms with van der Waals surface area (Å²) >= 11 is 0. The average Bonchev–Trinajstić information content (AvgIpc) is 1.90. The lowest BCUT2D eigenvalue weighted by Crippen LogP contribution is -1.88. The molecule has 0 atom stereocenters. The van der Waals surface area contributed by atoms with Gasteiger partial charge in [0.2, 0.25) is 0 Å². The van der Waals surface area contributed by atoms with Gasteiger partial charge in [0.25, 0.3) is 0 Å². The van der Waals surface area contributed by atoms with Crippen LogP contribution in [0.5, 0.6) is 0 Å². The van der Waals surface area contributed by atoms with E-state index in [4.69, 9.17) is 0 Å². The number of aliphatic imine (C=N–C) groups is 2. The SMILES string of the molecule is CC.CC(C)N=C=NC(C)C. The Morgan fingerprint density at radius 2 is 1.09 bits per heavy atom. The summed E-state index contributed by atoms with van der Waals surface area (Å²) in [5, 5.41) is 0. The van der Waals surface area contributed by atoms with E-state index in [-0.39, 0.29) is 0 Å². The van der Waals surface area contributed by atoms with E-state index in [1.54, 1.807) is 0 Å². The average molecular weight is 156 g/mol. The van der Waals surface area contributed by atoms with Crippen molar-refractivity contribution >= 4 is 6.01 Å². The largest absolute Gasteiger partial charge is 0.223 e. The Labute approximate surface area is 70.5 Å². The Hall–Kier alpha value is -0.620. The minimum Gasteiger partial charge on any atom is -0.223 e. The first-order valence-corrected chi connectivity index (χ1v) is 4.27. The Bertz CT molecular complexity index is 108. The minimum atomic E-state index is 0.312. The molecule has 0 aliphatic carbocycles. The lowest BCUT2D eigenvalue weighted by molar-refractivity contribution is 0.818. The van der Waals surface area contributed by atoms with Crippen LogP contribution in [0.2, 0.25) is 0 Å². The highest BCUT2D eigenvalue weighted by Crippen LogP contribution is 1.84. The van der Waals surface area contributed by atoms with Gasteiger partial charge in [0.15, 0.2) is 0 Å². The summed E-state index contributed by atoms with van der Waals surface area (Å²) in [5.74, 6) is 0. The molecule has 0 N–H and O–H groups in total. The molecule has 0 aliphatic heterocycles. The molecular formula is C9H20N2. The first-order chi connectivity index (χ1) is 5.13. The van der Waals surface area contributed by atoms with Crippen molar-refractivity contribution in [3.8, 4) is 0 Å². The molecule has 0 aromatic heterocycles. The van der Waals surface area contributed by atoms with Crippen molar-refractivity contribution < 1.29 is 0 Å². The highest BCUT2D eigenvalue weighted by Gasteiger charge is 1.82. The van der Waals surface area contributed by atoms with Crippen LogP contribution in [0.25, 0.3) is 0 Å². The summed E-state index contributed by atoms with van der Waals surface area (Å²) in [4.78, 5) is 7.90. The second-order valence-electron chi connectivity index (χ2n) is 2.55. The van der Waals surface area contributed by atoms with Gasteiger partial charge in [-0.2, -0.15) is 0 Å². The van der Waals surface area contributed by atoms with E-state index >= 15 is 0 Å². The fraction of sp³-hybridized carbons (Fsp3) is 0.889. The number of hydrogen-bond acceptors (Lipinski definition) is 2. The Morgan fingerprint density at radius 3 is 1.27 bits per heavy atom. The van der Waals surface area contributed by atoms with Crippen molar-refractivity contribution in [1.82, 2.24) is 0 Å². The molecule has 0 aromatic carbocycles. The van der Waals surface area contributed by atoms with Crippen LogP contribution in [-0.2, 0) is 0 Å². The fourth-order valence-electron chi connectivity index (χ4n) is 0.264. The quantitative estimate of drug-likeness (QED) is 0.549. The van der Waals surface area contributed by atoms with Crippen LogP contribution in [0.1, 0.15) is 41.5 Å². The lowest BCUT2D eigenvalue weighted by atomic mass is 10.4. The number of rotatable bonds is 2. The first-order valence-electron chi connectivity index (χ1n) is 4.27. The molecule has 0 aromatic rings. The van der Waals surface area contributed by atoms with Gasteiger partial charge in [-0.3, -0.25) is 0 Å². The number of nitrogens with zero attached hydrogens (tertiary/aromatic N) is 2. The zero-order chi connectivity index (χ0) is 9.28. The first kappa shape index (κ1) is 13.0. The molecule has 0 rings (SSSR count). The van der Waals surface area contributed by atoms with Crippen molar-refractivity contribution in [3.05, 3.63) is 0 Å². The van der Waals surface area contributed by atoms with E-state index in [1.165, 1.54) is 0 Å². The van der Waals surface area contributed by atoms with Crippen molar-refractivity contribution in [1.29, 1.82) is 0 Å². The van der Waals surface area contributed by atoms with Gasteiger partial charge in [0, 0.05) is 0 Å². The molecule has 2 heteroatoms. The maximum Gasteiger partial charge on any atom is 0.0897 e. The molecule has 0 unspecified atom stereocenters. The summed E-state index contributed by atoms with van der Waals surface area (Å²) in [6.45, 7) is 12.0. The summed E-state index contributed by atoms with van der Waals surface area (Å²) in [6, 6.07) is 3.26. The smallest absolute Gasteiger partial charge is 0.0897 e. The van der Waals surface area contributed by atoms with Crippen LogP contribution in [0, 0.1) is 0 Å². The fourth-order valence-corrected chi connectivity index (χ4v) is 0.264.